The van der Waals surface area contributed by atoms with Crippen molar-refractivity contribution in [2.75, 3.05) is 26.0 Å². The Hall–Kier alpha value is -0.620. The Morgan fingerprint density at radius 1 is 1.33 bits per heavy atom. The van der Waals surface area contributed by atoms with Gasteiger partial charge in [0.15, 0.2) is 9.84 Å². The normalized spacial score (nSPS) is 12.0. The highest BCUT2D eigenvalue weighted by atomic mass is 35.5. The predicted molar refractivity (Wildman–Crippen MR) is 86.5 cm³/mol. The van der Waals surface area contributed by atoms with E-state index in [1.165, 1.54) is 6.26 Å². The fourth-order valence-corrected chi connectivity index (χ4v) is 3.14. The SMILES string of the molecule is CC(C)COCCCNCc1c(Cl)cccc1S(C)(=O)=O. The van der Waals surface area contributed by atoms with Crippen molar-refractivity contribution in [2.24, 2.45) is 5.92 Å². The molecule has 1 aromatic rings. The van der Waals surface area contributed by atoms with Crippen molar-refractivity contribution in [3.8, 4) is 0 Å². The molecule has 0 radical (unpaired) electrons. The quantitative estimate of drug-likeness (QED) is 0.706. The average molecular weight is 334 g/mol. The largest absolute Gasteiger partial charge is 0.381 e. The van der Waals surface area contributed by atoms with Crippen LogP contribution in [0, 0.1) is 5.92 Å². The van der Waals surface area contributed by atoms with Gasteiger partial charge in [-0.1, -0.05) is 31.5 Å². The lowest BCUT2D eigenvalue weighted by atomic mass is 10.2. The first-order chi connectivity index (χ1) is 9.82. The van der Waals surface area contributed by atoms with Gasteiger partial charge in [0.2, 0.25) is 0 Å². The van der Waals surface area contributed by atoms with Crippen LogP contribution in [0.4, 0.5) is 0 Å². The fraction of sp³-hybridized carbons (Fsp3) is 0.600. The van der Waals surface area contributed by atoms with E-state index in [9.17, 15) is 8.42 Å². The standard InChI is InChI=1S/C15H24ClNO3S/c1-12(2)11-20-9-5-8-17-10-13-14(16)6-4-7-15(13)21(3,18)19/h4,6-7,12,17H,5,8-11H2,1-3H3. The highest BCUT2D eigenvalue weighted by molar-refractivity contribution is 7.90. The van der Waals surface area contributed by atoms with Gasteiger partial charge in [0.25, 0.3) is 0 Å². The van der Waals surface area contributed by atoms with Crippen LogP contribution in [0.1, 0.15) is 25.8 Å². The topological polar surface area (TPSA) is 55.4 Å². The molecule has 0 fully saturated rings. The molecule has 1 N–H and O–H groups in total. The summed E-state index contributed by atoms with van der Waals surface area (Å²) in [5.74, 6) is 0.540. The Balaban J connectivity index is 2.46. The Kier molecular flexibility index (Phi) is 7.66. The Morgan fingerprint density at radius 2 is 2.05 bits per heavy atom. The maximum atomic E-state index is 11.7. The van der Waals surface area contributed by atoms with E-state index in [4.69, 9.17) is 16.3 Å². The molecule has 1 aromatic carbocycles. The monoisotopic (exact) mass is 333 g/mol. The summed E-state index contributed by atoms with van der Waals surface area (Å²) >= 11 is 6.10. The Labute approximate surface area is 132 Å². The van der Waals surface area contributed by atoms with Crippen LogP contribution in [0.5, 0.6) is 0 Å². The molecule has 0 aliphatic carbocycles. The van der Waals surface area contributed by atoms with Gasteiger partial charge < -0.3 is 10.1 Å². The van der Waals surface area contributed by atoms with Crippen LogP contribution >= 0.6 is 11.6 Å². The zero-order valence-electron chi connectivity index (χ0n) is 12.9. The molecule has 6 heteroatoms. The highest BCUT2D eigenvalue weighted by Crippen LogP contribution is 2.23. The summed E-state index contributed by atoms with van der Waals surface area (Å²) in [6.45, 7) is 6.89. The summed E-state index contributed by atoms with van der Waals surface area (Å²) in [6, 6.07) is 4.95. The molecular formula is C15H24ClNO3S. The highest BCUT2D eigenvalue weighted by Gasteiger charge is 2.15. The lowest BCUT2D eigenvalue weighted by Crippen LogP contribution is -2.19. The van der Waals surface area contributed by atoms with Crippen LogP contribution in [0.3, 0.4) is 0 Å². The van der Waals surface area contributed by atoms with E-state index in [1.807, 2.05) is 0 Å². The zero-order chi connectivity index (χ0) is 15.9. The van der Waals surface area contributed by atoms with Gasteiger partial charge in [0.05, 0.1) is 4.90 Å². The molecule has 4 nitrogen and oxygen atoms in total. The molecular weight excluding hydrogens is 310 g/mol. The van der Waals surface area contributed by atoms with E-state index >= 15 is 0 Å². The summed E-state index contributed by atoms with van der Waals surface area (Å²) in [7, 11) is -3.27. The summed E-state index contributed by atoms with van der Waals surface area (Å²) in [5.41, 5.74) is 0.629. The molecule has 0 unspecified atom stereocenters. The molecule has 0 saturated carbocycles. The third kappa shape index (κ3) is 6.78. The van der Waals surface area contributed by atoms with Crippen molar-refractivity contribution in [2.45, 2.75) is 31.7 Å². The molecule has 1 rings (SSSR count). The Morgan fingerprint density at radius 3 is 2.67 bits per heavy atom. The average Bonchev–Trinajstić information content (AvgIpc) is 2.37. The minimum absolute atomic E-state index is 0.290. The molecule has 21 heavy (non-hydrogen) atoms. The van der Waals surface area contributed by atoms with Gasteiger partial charge >= 0.3 is 0 Å². The molecule has 0 heterocycles. The Bertz CT molecular complexity index is 544. The number of halogens is 1. The van der Waals surface area contributed by atoms with Crippen molar-refractivity contribution in [1.82, 2.24) is 5.32 Å². The van der Waals surface area contributed by atoms with Gasteiger partial charge in [-0.05, 0) is 31.0 Å². The van der Waals surface area contributed by atoms with Crippen molar-refractivity contribution < 1.29 is 13.2 Å². The fourth-order valence-electron chi connectivity index (χ4n) is 1.89. The number of nitrogens with one attached hydrogen (secondary N) is 1. The van der Waals surface area contributed by atoms with Gasteiger partial charge in [-0.25, -0.2) is 8.42 Å². The predicted octanol–water partition coefficient (Wildman–Crippen LogP) is 2.90. The second kappa shape index (κ2) is 8.73. The second-order valence-electron chi connectivity index (χ2n) is 5.49. The molecule has 0 bridgehead atoms. The summed E-state index contributed by atoms with van der Waals surface area (Å²) in [6.07, 6.45) is 2.08. The van der Waals surface area contributed by atoms with E-state index in [0.717, 1.165) is 19.6 Å². The molecule has 0 aliphatic rings. The lowest BCUT2D eigenvalue weighted by Gasteiger charge is -2.11. The minimum atomic E-state index is -3.27. The third-order valence-corrected chi connectivity index (χ3v) is 4.41. The van der Waals surface area contributed by atoms with Crippen LogP contribution in [-0.4, -0.2) is 34.4 Å². The molecule has 0 aromatic heterocycles. The first-order valence-corrected chi connectivity index (χ1v) is 9.35. The molecule has 0 spiro atoms. The number of rotatable bonds is 9. The second-order valence-corrected chi connectivity index (χ2v) is 7.88. The molecule has 0 saturated heterocycles. The number of hydrogen-bond acceptors (Lipinski definition) is 4. The zero-order valence-corrected chi connectivity index (χ0v) is 14.4. The molecule has 0 amide bonds. The van der Waals surface area contributed by atoms with E-state index in [2.05, 4.69) is 19.2 Å². The van der Waals surface area contributed by atoms with Gasteiger partial charge in [-0.15, -0.1) is 0 Å². The summed E-state index contributed by atoms with van der Waals surface area (Å²) < 4.78 is 29.0. The van der Waals surface area contributed by atoms with Gasteiger partial charge in [-0.3, -0.25) is 0 Å². The summed E-state index contributed by atoms with van der Waals surface area (Å²) in [5, 5.41) is 3.69. The van der Waals surface area contributed by atoms with Crippen LogP contribution < -0.4 is 5.32 Å². The maximum Gasteiger partial charge on any atom is 0.175 e. The third-order valence-electron chi connectivity index (χ3n) is 2.87. The molecule has 0 atom stereocenters. The van der Waals surface area contributed by atoms with Crippen molar-refractivity contribution in [3.63, 3.8) is 0 Å². The van der Waals surface area contributed by atoms with Crippen molar-refractivity contribution in [1.29, 1.82) is 0 Å². The maximum absolute atomic E-state index is 11.7. The van der Waals surface area contributed by atoms with Gasteiger partial charge in [-0.2, -0.15) is 0 Å². The number of ether oxygens (including phenoxy) is 1. The first kappa shape index (κ1) is 18.4. The van der Waals surface area contributed by atoms with Crippen molar-refractivity contribution in [3.05, 3.63) is 28.8 Å². The smallest absolute Gasteiger partial charge is 0.175 e. The molecule has 120 valence electrons. The lowest BCUT2D eigenvalue weighted by molar-refractivity contribution is 0.108. The number of benzene rings is 1. The number of sulfone groups is 1. The minimum Gasteiger partial charge on any atom is -0.381 e. The van der Waals surface area contributed by atoms with E-state index in [1.54, 1.807) is 18.2 Å². The molecule has 0 aliphatic heterocycles. The van der Waals surface area contributed by atoms with Crippen LogP contribution in [0.25, 0.3) is 0 Å². The first-order valence-electron chi connectivity index (χ1n) is 7.08. The summed E-state index contributed by atoms with van der Waals surface area (Å²) in [4.78, 5) is 0.290. The van der Waals surface area contributed by atoms with Crippen molar-refractivity contribution >= 4 is 21.4 Å². The van der Waals surface area contributed by atoms with Crippen LogP contribution in [0.2, 0.25) is 5.02 Å². The van der Waals surface area contributed by atoms with E-state index < -0.39 is 9.84 Å². The van der Waals surface area contributed by atoms with Crippen LogP contribution in [0.15, 0.2) is 23.1 Å². The van der Waals surface area contributed by atoms with E-state index in [0.29, 0.717) is 34.6 Å². The van der Waals surface area contributed by atoms with E-state index in [-0.39, 0.29) is 0 Å². The van der Waals surface area contributed by atoms with Gasteiger partial charge in [0, 0.05) is 36.6 Å². The number of hydrogen-bond donors (Lipinski definition) is 1. The van der Waals surface area contributed by atoms with Gasteiger partial charge in [0.1, 0.15) is 0 Å². The van der Waals surface area contributed by atoms with Crippen LogP contribution in [-0.2, 0) is 21.1 Å².